The van der Waals surface area contributed by atoms with Crippen molar-refractivity contribution in [2.24, 2.45) is 4.99 Å². The molecule has 3 aromatic carbocycles. The summed E-state index contributed by atoms with van der Waals surface area (Å²) in [5.74, 6) is 0.554. The van der Waals surface area contributed by atoms with Gasteiger partial charge >= 0.3 is 11.5 Å². The summed E-state index contributed by atoms with van der Waals surface area (Å²) in [4.78, 5) is 29.0. The van der Waals surface area contributed by atoms with Gasteiger partial charge in [-0.1, -0.05) is 62.0 Å². The third-order valence-electron chi connectivity index (χ3n) is 6.68. The standard InChI is InChI=1S/C31H29F3N6O3S2/c1-19(2)25-14-5-20(3)15-26(25)40-27(41)17-45-29(40)36-30(44)43-38(4)16-21-6-8-22(9-7-21)28-35-18-39(37-28)23-10-12-24(13-11-23)42-31(32,33)34/h5-15,18-19H,16-17H2,1-4H3. The second-order valence-electron chi connectivity index (χ2n) is 10.5. The molecule has 0 unspecified atom stereocenters. The van der Waals surface area contributed by atoms with E-state index in [1.165, 1.54) is 47.0 Å². The highest BCUT2D eigenvalue weighted by molar-refractivity contribution is 8.15. The first-order valence-corrected chi connectivity index (χ1v) is 15.2. The molecule has 0 aliphatic carbocycles. The van der Waals surface area contributed by atoms with E-state index in [1.54, 1.807) is 17.0 Å². The van der Waals surface area contributed by atoms with Crippen LogP contribution in [0.25, 0.3) is 17.1 Å². The van der Waals surface area contributed by atoms with Gasteiger partial charge in [-0.2, -0.15) is 4.99 Å². The molecule has 1 aliphatic heterocycles. The number of hydroxylamine groups is 2. The van der Waals surface area contributed by atoms with Crippen molar-refractivity contribution in [2.45, 2.75) is 39.6 Å². The van der Waals surface area contributed by atoms with Crippen LogP contribution < -0.4 is 9.64 Å². The Morgan fingerprint density at radius 1 is 1.11 bits per heavy atom. The van der Waals surface area contributed by atoms with Crippen molar-refractivity contribution < 1.29 is 27.5 Å². The molecule has 14 heteroatoms. The second kappa shape index (κ2) is 13.4. The number of ether oxygens (including phenoxy) is 1. The number of amidine groups is 1. The molecule has 2 heterocycles. The number of thiocarbonyl (C=S) groups is 1. The third-order valence-corrected chi connectivity index (χ3v) is 7.77. The summed E-state index contributed by atoms with van der Waals surface area (Å²) >= 11 is 6.74. The Kier molecular flexibility index (Phi) is 9.56. The number of hydrogen-bond donors (Lipinski definition) is 0. The maximum Gasteiger partial charge on any atom is 0.573 e. The quantitative estimate of drug-likeness (QED) is 0.148. The SMILES string of the molecule is Cc1ccc(C(C)C)c(N2C(=O)CSC2=NC(=S)ON(C)Cc2ccc(-c3ncn(-c4ccc(OC(F)(F)F)cc4)n3)cc2)c1. The monoisotopic (exact) mass is 654 g/mol. The molecule has 1 amide bonds. The number of halogens is 3. The predicted molar refractivity (Wildman–Crippen MR) is 171 cm³/mol. The maximum atomic E-state index is 12.9. The van der Waals surface area contributed by atoms with Gasteiger partial charge in [0.1, 0.15) is 12.1 Å². The van der Waals surface area contributed by atoms with Crippen molar-refractivity contribution in [1.82, 2.24) is 19.8 Å². The molecule has 0 saturated carbocycles. The molecule has 9 nitrogen and oxygen atoms in total. The number of amides is 1. The summed E-state index contributed by atoms with van der Waals surface area (Å²) in [6.45, 7) is 6.55. The number of aliphatic imine (C=N–C) groups is 1. The number of thioether (sulfide) groups is 1. The summed E-state index contributed by atoms with van der Waals surface area (Å²) < 4.78 is 42.6. The van der Waals surface area contributed by atoms with E-state index >= 15 is 0 Å². The topological polar surface area (TPSA) is 85.1 Å². The number of aromatic nitrogens is 3. The molecule has 1 saturated heterocycles. The molecule has 1 fully saturated rings. The van der Waals surface area contributed by atoms with E-state index in [-0.39, 0.29) is 28.5 Å². The van der Waals surface area contributed by atoms with Crippen molar-refractivity contribution >= 4 is 45.9 Å². The smallest absolute Gasteiger partial charge is 0.406 e. The molecule has 0 N–H and O–H groups in total. The first-order chi connectivity index (χ1) is 21.4. The lowest BCUT2D eigenvalue weighted by Gasteiger charge is -2.22. The Morgan fingerprint density at radius 3 is 2.49 bits per heavy atom. The molecule has 1 aromatic heterocycles. The van der Waals surface area contributed by atoms with Gasteiger partial charge < -0.3 is 9.57 Å². The molecule has 0 bridgehead atoms. The third kappa shape index (κ3) is 8.07. The van der Waals surface area contributed by atoms with Crippen molar-refractivity contribution in [1.29, 1.82) is 0 Å². The van der Waals surface area contributed by atoms with Crippen LogP contribution in [0, 0.1) is 6.92 Å². The Balaban J connectivity index is 1.20. The lowest BCUT2D eigenvalue weighted by molar-refractivity contribution is -0.274. The summed E-state index contributed by atoms with van der Waals surface area (Å²) in [5, 5.41) is 6.45. The van der Waals surface area contributed by atoms with Crippen LogP contribution in [0.3, 0.4) is 0 Å². The summed E-state index contributed by atoms with van der Waals surface area (Å²) in [6.07, 6.45) is -3.28. The number of aryl methyl sites for hydroxylation is 1. The van der Waals surface area contributed by atoms with Crippen molar-refractivity contribution in [3.8, 4) is 22.8 Å². The van der Waals surface area contributed by atoms with Crippen molar-refractivity contribution in [3.05, 3.63) is 89.7 Å². The average molecular weight is 655 g/mol. The molecule has 45 heavy (non-hydrogen) atoms. The molecule has 234 valence electrons. The van der Waals surface area contributed by atoms with Crippen LogP contribution >= 0.6 is 24.0 Å². The van der Waals surface area contributed by atoms with E-state index in [0.717, 1.165) is 27.9 Å². The van der Waals surface area contributed by atoms with Crippen LogP contribution in [-0.2, 0) is 16.2 Å². The average Bonchev–Trinajstić information content (AvgIpc) is 3.60. The van der Waals surface area contributed by atoms with Gasteiger partial charge in [0.25, 0.3) is 0 Å². The first kappa shape index (κ1) is 32.1. The number of carbonyl (C=O) groups excluding carboxylic acids is 1. The summed E-state index contributed by atoms with van der Waals surface area (Å²) in [7, 11) is 1.73. The fraction of sp³-hybridized carbons (Fsp3) is 0.258. The zero-order valence-electron chi connectivity index (χ0n) is 24.8. The largest absolute Gasteiger partial charge is 0.573 e. The maximum absolute atomic E-state index is 12.9. The number of alkyl halides is 3. The molecule has 0 spiro atoms. The van der Waals surface area contributed by atoms with Crippen LogP contribution in [0.5, 0.6) is 5.75 Å². The lowest BCUT2D eigenvalue weighted by Crippen LogP contribution is -2.31. The van der Waals surface area contributed by atoms with Crippen LogP contribution in [0.4, 0.5) is 18.9 Å². The van der Waals surface area contributed by atoms with Gasteiger partial charge in [-0.05, 0) is 72.1 Å². The zero-order valence-corrected chi connectivity index (χ0v) is 26.4. The van der Waals surface area contributed by atoms with Gasteiger partial charge in [-0.25, -0.2) is 9.67 Å². The Labute approximate surface area is 267 Å². The van der Waals surface area contributed by atoms with E-state index in [1.807, 2.05) is 49.4 Å². The van der Waals surface area contributed by atoms with Crippen LogP contribution in [0.15, 0.2) is 78.0 Å². The summed E-state index contributed by atoms with van der Waals surface area (Å²) in [6, 6.07) is 18.9. The molecule has 0 atom stereocenters. The number of benzene rings is 3. The molecule has 0 radical (unpaired) electrons. The van der Waals surface area contributed by atoms with Crippen LogP contribution in [0.1, 0.15) is 36.5 Å². The van der Waals surface area contributed by atoms with Gasteiger partial charge in [0.05, 0.1) is 23.7 Å². The highest BCUT2D eigenvalue weighted by Crippen LogP contribution is 2.34. The van der Waals surface area contributed by atoms with E-state index < -0.39 is 6.36 Å². The Bertz CT molecular complexity index is 1720. The normalized spacial score (nSPS) is 14.6. The van der Waals surface area contributed by atoms with E-state index in [9.17, 15) is 18.0 Å². The van der Waals surface area contributed by atoms with Gasteiger partial charge in [-0.15, -0.1) is 23.3 Å². The Hall–Kier alpha value is -4.27. The summed E-state index contributed by atoms with van der Waals surface area (Å²) in [5.41, 5.74) is 5.10. The number of nitrogens with zero attached hydrogens (tertiary/aromatic N) is 6. The number of carbonyl (C=O) groups is 1. The molecular formula is C31H29F3N6O3S2. The number of hydrogen-bond acceptors (Lipinski definition) is 8. The van der Waals surface area contributed by atoms with E-state index in [0.29, 0.717) is 23.2 Å². The highest BCUT2D eigenvalue weighted by atomic mass is 32.2. The molecule has 5 rings (SSSR count). The minimum atomic E-state index is -4.76. The second-order valence-corrected chi connectivity index (χ2v) is 11.8. The highest BCUT2D eigenvalue weighted by Gasteiger charge is 2.33. The first-order valence-electron chi connectivity index (χ1n) is 13.8. The van der Waals surface area contributed by atoms with Crippen LogP contribution in [-0.4, -0.2) is 55.2 Å². The predicted octanol–water partition coefficient (Wildman–Crippen LogP) is 7.05. The van der Waals surface area contributed by atoms with E-state index in [4.69, 9.17) is 17.1 Å². The number of rotatable bonds is 8. The van der Waals surface area contributed by atoms with Gasteiger partial charge in [-0.3, -0.25) is 9.69 Å². The van der Waals surface area contributed by atoms with Gasteiger partial charge in [0, 0.05) is 12.6 Å². The minimum Gasteiger partial charge on any atom is -0.406 e. The van der Waals surface area contributed by atoms with Gasteiger partial charge in [0.2, 0.25) is 5.91 Å². The van der Waals surface area contributed by atoms with E-state index in [2.05, 4.69) is 33.7 Å². The minimum absolute atomic E-state index is 0.0113. The molecule has 1 aliphatic rings. The van der Waals surface area contributed by atoms with Crippen molar-refractivity contribution in [3.63, 3.8) is 0 Å². The van der Waals surface area contributed by atoms with Crippen molar-refractivity contribution in [2.75, 3.05) is 17.7 Å². The molecular weight excluding hydrogens is 626 g/mol. The molecule has 4 aromatic rings. The van der Waals surface area contributed by atoms with Gasteiger partial charge in [0.15, 0.2) is 11.0 Å². The zero-order chi connectivity index (χ0) is 32.3. The fourth-order valence-electron chi connectivity index (χ4n) is 4.62. The fourth-order valence-corrected chi connectivity index (χ4v) is 5.75. The lowest BCUT2D eigenvalue weighted by atomic mass is 9.99. The number of anilines is 1. The Morgan fingerprint density at radius 2 is 1.82 bits per heavy atom. The van der Waals surface area contributed by atoms with Crippen LogP contribution in [0.2, 0.25) is 0 Å².